The van der Waals surface area contributed by atoms with Gasteiger partial charge in [0.1, 0.15) is 0 Å². The lowest BCUT2D eigenvalue weighted by Gasteiger charge is -2.26. The fourth-order valence-corrected chi connectivity index (χ4v) is 3.17. The van der Waals surface area contributed by atoms with Gasteiger partial charge in [-0.1, -0.05) is 31.2 Å². The third kappa shape index (κ3) is 3.90. The maximum absolute atomic E-state index is 6.03. The number of ether oxygens (including phenoxy) is 2. The molecule has 1 fully saturated rings. The van der Waals surface area contributed by atoms with Crippen LogP contribution in [0.3, 0.4) is 0 Å². The number of hydrogen-bond acceptors (Lipinski definition) is 6. The van der Waals surface area contributed by atoms with Gasteiger partial charge in [0, 0.05) is 24.8 Å². The van der Waals surface area contributed by atoms with Gasteiger partial charge in [0.15, 0.2) is 5.75 Å². The first kappa shape index (κ1) is 17.4. The fourth-order valence-electron chi connectivity index (χ4n) is 3.17. The molecule has 1 aliphatic rings. The third-order valence-corrected chi connectivity index (χ3v) is 4.58. The molecule has 0 N–H and O–H groups in total. The Kier molecular flexibility index (Phi) is 5.25. The number of morpholine rings is 1. The van der Waals surface area contributed by atoms with Gasteiger partial charge in [-0.15, -0.1) is 0 Å². The molecule has 1 saturated heterocycles. The summed E-state index contributed by atoms with van der Waals surface area (Å²) in [5, 5.41) is 0. The van der Waals surface area contributed by atoms with Crippen molar-refractivity contribution >= 4 is 5.95 Å². The normalized spacial score (nSPS) is 14.2. The summed E-state index contributed by atoms with van der Waals surface area (Å²) < 4.78 is 11.4. The SMILES string of the molecule is CCc1ccccc1-c1cccnc1Oc1cnc(N2CCOCC2)nc1. The first-order valence-electron chi connectivity index (χ1n) is 9.21. The Morgan fingerprint density at radius 2 is 1.70 bits per heavy atom. The highest BCUT2D eigenvalue weighted by Gasteiger charge is 2.15. The Morgan fingerprint density at radius 1 is 0.963 bits per heavy atom. The highest BCUT2D eigenvalue weighted by atomic mass is 16.5. The van der Waals surface area contributed by atoms with E-state index in [9.17, 15) is 0 Å². The Hall–Kier alpha value is -2.99. The van der Waals surface area contributed by atoms with E-state index in [4.69, 9.17) is 9.47 Å². The largest absolute Gasteiger partial charge is 0.435 e. The second-order valence-electron chi connectivity index (χ2n) is 6.29. The summed E-state index contributed by atoms with van der Waals surface area (Å²) in [6.07, 6.45) is 6.07. The number of nitrogens with zero attached hydrogens (tertiary/aromatic N) is 4. The molecule has 0 atom stereocenters. The van der Waals surface area contributed by atoms with Crippen LogP contribution in [0.2, 0.25) is 0 Å². The molecule has 138 valence electrons. The average Bonchev–Trinajstić information content (AvgIpc) is 2.75. The van der Waals surface area contributed by atoms with Gasteiger partial charge in [0.25, 0.3) is 0 Å². The van der Waals surface area contributed by atoms with Gasteiger partial charge in [-0.2, -0.15) is 0 Å². The van der Waals surface area contributed by atoms with Crippen molar-refractivity contribution in [1.29, 1.82) is 0 Å². The Balaban J connectivity index is 1.58. The number of pyridine rings is 1. The van der Waals surface area contributed by atoms with Gasteiger partial charge in [-0.25, -0.2) is 15.0 Å². The molecule has 3 heterocycles. The van der Waals surface area contributed by atoms with Crippen LogP contribution in [0.1, 0.15) is 12.5 Å². The summed E-state index contributed by atoms with van der Waals surface area (Å²) >= 11 is 0. The van der Waals surface area contributed by atoms with E-state index in [2.05, 4.69) is 45.0 Å². The summed E-state index contributed by atoms with van der Waals surface area (Å²) in [4.78, 5) is 15.4. The third-order valence-electron chi connectivity index (χ3n) is 4.58. The zero-order valence-corrected chi connectivity index (χ0v) is 15.3. The highest BCUT2D eigenvalue weighted by Crippen LogP contribution is 2.33. The van der Waals surface area contributed by atoms with Crippen molar-refractivity contribution in [2.45, 2.75) is 13.3 Å². The lowest BCUT2D eigenvalue weighted by atomic mass is 9.99. The number of aromatic nitrogens is 3. The molecule has 2 aromatic heterocycles. The van der Waals surface area contributed by atoms with Crippen LogP contribution >= 0.6 is 0 Å². The summed E-state index contributed by atoms with van der Waals surface area (Å²) in [5.74, 6) is 1.82. The Morgan fingerprint density at radius 3 is 2.48 bits per heavy atom. The van der Waals surface area contributed by atoms with Crippen LogP contribution in [-0.2, 0) is 11.2 Å². The number of hydrogen-bond donors (Lipinski definition) is 0. The van der Waals surface area contributed by atoms with Crippen LogP contribution in [-0.4, -0.2) is 41.3 Å². The first-order valence-corrected chi connectivity index (χ1v) is 9.21. The predicted octanol–water partition coefficient (Wildman–Crippen LogP) is 3.73. The first-order chi connectivity index (χ1) is 13.3. The van der Waals surface area contributed by atoms with Gasteiger partial charge < -0.3 is 14.4 Å². The number of aryl methyl sites for hydroxylation is 1. The van der Waals surface area contributed by atoms with Crippen molar-refractivity contribution < 1.29 is 9.47 Å². The maximum Gasteiger partial charge on any atom is 0.227 e. The van der Waals surface area contributed by atoms with E-state index in [1.807, 2.05) is 18.2 Å². The molecular weight excluding hydrogens is 340 g/mol. The van der Waals surface area contributed by atoms with Gasteiger partial charge in [-0.3, -0.25) is 0 Å². The van der Waals surface area contributed by atoms with E-state index in [-0.39, 0.29) is 0 Å². The maximum atomic E-state index is 6.03. The van der Waals surface area contributed by atoms with Crippen molar-refractivity contribution in [3.63, 3.8) is 0 Å². The van der Waals surface area contributed by atoms with E-state index < -0.39 is 0 Å². The smallest absolute Gasteiger partial charge is 0.227 e. The highest BCUT2D eigenvalue weighted by molar-refractivity contribution is 5.72. The summed E-state index contributed by atoms with van der Waals surface area (Å²) in [6, 6.07) is 12.3. The molecule has 0 amide bonds. The van der Waals surface area contributed by atoms with Gasteiger partial charge in [0.2, 0.25) is 11.8 Å². The van der Waals surface area contributed by atoms with E-state index in [1.165, 1.54) is 5.56 Å². The van der Waals surface area contributed by atoms with Gasteiger partial charge in [0.05, 0.1) is 25.6 Å². The second-order valence-corrected chi connectivity index (χ2v) is 6.29. The zero-order chi connectivity index (χ0) is 18.5. The minimum Gasteiger partial charge on any atom is -0.435 e. The predicted molar refractivity (Wildman–Crippen MR) is 104 cm³/mol. The molecular formula is C21H22N4O2. The zero-order valence-electron chi connectivity index (χ0n) is 15.3. The molecule has 0 radical (unpaired) electrons. The average molecular weight is 362 g/mol. The van der Waals surface area contributed by atoms with Crippen LogP contribution in [0.25, 0.3) is 11.1 Å². The topological polar surface area (TPSA) is 60.4 Å². The second kappa shape index (κ2) is 8.14. The van der Waals surface area contributed by atoms with Gasteiger partial charge >= 0.3 is 0 Å². The molecule has 0 unspecified atom stereocenters. The molecule has 6 heteroatoms. The minimum absolute atomic E-state index is 0.557. The number of rotatable bonds is 5. The molecule has 3 aromatic rings. The summed E-state index contributed by atoms with van der Waals surface area (Å²) in [7, 11) is 0. The fraction of sp³-hybridized carbons (Fsp3) is 0.286. The van der Waals surface area contributed by atoms with E-state index >= 15 is 0 Å². The summed E-state index contributed by atoms with van der Waals surface area (Å²) in [5.41, 5.74) is 3.36. The van der Waals surface area contributed by atoms with Crippen LogP contribution < -0.4 is 9.64 Å². The van der Waals surface area contributed by atoms with E-state index in [0.717, 1.165) is 30.6 Å². The van der Waals surface area contributed by atoms with Crippen LogP contribution in [0.15, 0.2) is 55.0 Å². The molecule has 0 bridgehead atoms. The molecule has 0 aliphatic carbocycles. The van der Waals surface area contributed by atoms with E-state index in [1.54, 1.807) is 18.6 Å². The van der Waals surface area contributed by atoms with Crippen molar-refractivity contribution in [3.8, 4) is 22.8 Å². The number of anilines is 1. The van der Waals surface area contributed by atoms with Crippen LogP contribution in [0.4, 0.5) is 5.95 Å². The monoisotopic (exact) mass is 362 g/mol. The van der Waals surface area contributed by atoms with Crippen molar-refractivity contribution in [2.24, 2.45) is 0 Å². The van der Waals surface area contributed by atoms with E-state index in [0.29, 0.717) is 30.8 Å². The number of benzene rings is 1. The van der Waals surface area contributed by atoms with Crippen molar-refractivity contribution in [1.82, 2.24) is 15.0 Å². The standard InChI is InChI=1S/C21H22N4O2/c1-2-16-6-3-4-7-18(16)19-8-5-9-22-20(19)27-17-14-23-21(24-15-17)25-10-12-26-13-11-25/h3-9,14-15H,2,10-13H2,1H3. The summed E-state index contributed by atoms with van der Waals surface area (Å²) in [6.45, 7) is 5.16. The van der Waals surface area contributed by atoms with Crippen molar-refractivity contribution in [2.75, 3.05) is 31.2 Å². The Bertz CT molecular complexity index is 893. The lowest BCUT2D eigenvalue weighted by Crippen LogP contribution is -2.37. The Labute approximate surface area is 158 Å². The van der Waals surface area contributed by atoms with Crippen LogP contribution in [0, 0.1) is 0 Å². The molecule has 1 aromatic carbocycles. The molecule has 1 aliphatic heterocycles. The molecule has 27 heavy (non-hydrogen) atoms. The molecule has 4 rings (SSSR count). The quantitative estimate of drug-likeness (QED) is 0.689. The molecule has 6 nitrogen and oxygen atoms in total. The molecule has 0 saturated carbocycles. The minimum atomic E-state index is 0.557. The van der Waals surface area contributed by atoms with Crippen molar-refractivity contribution in [3.05, 3.63) is 60.6 Å². The van der Waals surface area contributed by atoms with Crippen LogP contribution in [0.5, 0.6) is 11.6 Å². The molecule has 0 spiro atoms. The lowest BCUT2D eigenvalue weighted by molar-refractivity contribution is 0.122. The van der Waals surface area contributed by atoms with Gasteiger partial charge in [-0.05, 0) is 29.7 Å².